The SMILES string of the molecule is CC1CCN(c2ccc(F)cc2CCl)C(C)C1. The number of alkyl halides is 1. The van der Waals surface area contributed by atoms with E-state index in [9.17, 15) is 4.39 Å². The summed E-state index contributed by atoms with van der Waals surface area (Å²) in [7, 11) is 0. The van der Waals surface area contributed by atoms with Crippen LogP contribution < -0.4 is 4.90 Å². The second-order valence-electron chi connectivity index (χ2n) is 5.08. The fourth-order valence-electron chi connectivity index (χ4n) is 2.71. The molecule has 0 spiro atoms. The lowest BCUT2D eigenvalue weighted by Gasteiger charge is -2.39. The van der Waals surface area contributed by atoms with Crippen molar-refractivity contribution in [2.45, 2.75) is 38.6 Å². The second kappa shape index (κ2) is 5.26. The van der Waals surface area contributed by atoms with E-state index in [-0.39, 0.29) is 5.82 Å². The summed E-state index contributed by atoms with van der Waals surface area (Å²) in [5.41, 5.74) is 1.99. The minimum atomic E-state index is -0.206. The minimum Gasteiger partial charge on any atom is -0.369 e. The van der Waals surface area contributed by atoms with Gasteiger partial charge in [0.2, 0.25) is 0 Å². The van der Waals surface area contributed by atoms with Crippen molar-refractivity contribution in [1.82, 2.24) is 0 Å². The van der Waals surface area contributed by atoms with Crippen LogP contribution in [0.5, 0.6) is 0 Å². The third-order valence-electron chi connectivity index (χ3n) is 3.63. The Morgan fingerprint density at radius 2 is 2.18 bits per heavy atom. The summed E-state index contributed by atoms with van der Waals surface area (Å²) in [6.45, 7) is 5.57. The molecule has 1 fully saturated rings. The van der Waals surface area contributed by atoms with Gasteiger partial charge in [-0.1, -0.05) is 6.92 Å². The molecule has 1 aromatic rings. The highest BCUT2D eigenvalue weighted by molar-refractivity contribution is 6.17. The van der Waals surface area contributed by atoms with E-state index >= 15 is 0 Å². The highest BCUT2D eigenvalue weighted by Gasteiger charge is 2.24. The quantitative estimate of drug-likeness (QED) is 0.717. The molecule has 2 atom stereocenters. The van der Waals surface area contributed by atoms with Crippen molar-refractivity contribution in [3.8, 4) is 0 Å². The third-order valence-corrected chi connectivity index (χ3v) is 3.92. The van der Waals surface area contributed by atoms with Crippen molar-refractivity contribution in [2.24, 2.45) is 5.92 Å². The molecule has 0 amide bonds. The van der Waals surface area contributed by atoms with Crippen molar-refractivity contribution in [3.05, 3.63) is 29.6 Å². The normalized spacial score (nSPS) is 25.1. The molecule has 1 aliphatic heterocycles. The molecule has 0 saturated carbocycles. The number of hydrogen-bond acceptors (Lipinski definition) is 1. The molecule has 3 heteroatoms. The van der Waals surface area contributed by atoms with Gasteiger partial charge in [0.05, 0.1) is 0 Å². The maximum Gasteiger partial charge on any atom is 0.123 e. The smallest absolute Gasteiger partial charge is 0.123 e. The van der Waals surface area contributed by atoms with Gasteiger partial charge in [-0.15, -0.1) is 11.6 Å². The van der Waals surface area contributed by atoms with Crippen molar-refractivity contribution in [2.75, 3.05) is 11.4 Å². The van der Waals surface area contributed by atoms with E-state index in [1.165, 1.54) is 18.9 Å². The van der Waals surface area contributed by atoms with Gasteiger partial charge in [0.1, 0.15) is 5.82 Å². The summed E-state index contributed by atoms with van der Waals surface area (Å²) in [5.74, 6) is 0.940. The molecule has 0 bridgehead atoms. The van der Waals surface area contributed by atoms with Crippen LogP contribution in [0.3, 0.4) is 0 Å². The molecule has 0 aromatic heterocycles. The van der Waals surface area contributed by atoms with Gasteiger partial charge in [-0.3, -0.25) is 0 Å². The first-order valence-electron chi connectivity index (χ1n) is 6.23. The highest BCUT2D eigenvalue weighted by Crippen LogP contribution is 2.31. The lowest BCUT2D eigenvalue weighted by Crippen LogP contribution is -2.40. The predicted octanol–water partition coefficient (Wildman–Crippen LogP) is 4.19. The first-order chi connectivity index (χ1) is 8.11. The van der Waals surface area contributed by atoms with Gasteiger partial charge in [-0.25, -0.2) is 4.39 Å². The summed E-state index contributed by atoms with van der Waals surface area (Å²) < 4.78 is 13.2. The molecule has 2 unspecified atom stereocenters. The molecule has 1 saturated heterocycles. The van der Waals surface area contributed by atoms with E-state index in [4.69, 9.17) is 11.6 Å². The number of benzene rings is 1. The summed E-state index contributed by atoms with van der Waals surface area (Å²) in [6, 6.07) is 5.44. The molecular weight excluding hydrogens is 237 g/mol. The molecule has 1 heterocycles. The van der Waals surface area contributed by atoms with Crippen molar-refractivity contribution in [1.29, 1.82) is 0 Å². The van der Waals surface area contributed by atoms with Crippen LogP contribution in [-0.4, -0.2) is 12.6 Å². The van der Waals surface area contributed by atoms with Crippen molar-refractivity contribution < 1.29 is 4.39 Å². The zero-order valence-corrected chi connectivity index (χ0v) is 11.2. The monoisotopic (exact) mass is 255 g/mol. The van der Waals surface area contributed by atoms with E-state index in [2.05, 4.69) is 18.7 Å². The van der Waals surface area contributed by atoms with Crippen LogP contribution in [0.15, 0.2) is 18.2 Å². The molecule has 0 aliphatic carbocycles. The van der Waals surface area contributed by atoms with E-state index in [1.54, 1.807) is 6.07 Å². The lowest BCUT2D eigenvalue weighted by atomic mass is 9.92. The Balaban J connectivity index is 2.27. The van der Waals surface area contributed by atoms with Crippen molar-refractivity contribution in [3.63, 3.8) is 0 Å². The largest absolute Gasteiger partial charge is 0.369 e. The number of halogens is 2. The van der Waals surface area contributed by atoms with Gasteiger partial charge in [-0.2, -0.15) is 0 Å². The van der Waals surface area contributed by atoms with Crippen LogP contribution >= 0.6 is 11.6 Å². The summed E-state index contributed by atoms with van der Waals surface area (Å²) in [5, 5.41) is 0. The molecule has 0 N–H and O–H groups in total. The van der Waals surface area contributed by atoms with Crippen LogP contribution in [0, 0.1) is 11.7 Å². The van der Waals surface area contributed by atoms with Crippen LogP contribution in [0.1, 0.15) is 32.3 Å². The summed E-state index contributed by atoms with van der Waals surface area (Å²) in [4.78, 5) is 2.36. The number of anilines is 1. The predicted molar refractivity (Wildman–Crippen MR) is 71.2 cm³/mol. The maximum absolute atomic E-state index is 13.2. The van der Waals surface area contributed by atoms with Gasteiger partial charge < -0.3 is 4.90 Å². The lowest BCUT2D eigenvalue weighted by molar-refractivity contribution is 0.377. The van der Waals surface area contributed by atoms with E-state index < -0.39 is 0 Å². The highest BCUT2D eigenvalue weighted by atomic mass is 35.5. The zero-order chi connectivity index (χ0) is 12.4. The summed E-state index contributed by atoms with van der Waals surface area (Å²) >= 11 is 5.91. The summed E-state index contributed by atoms with van der Waals surface area (Å²) in [6.07, 6.45) is 2.39. The molecule has 17 heavy (non-hydrogen) atoms. The fourth-order valence-corrected chi connectivity index (χ4v) is 2.92. The first kappa shape index (κ1) is 12.7. The van der Waals surface area contributed by atoms with E-state index in [0.717, 1.165) is 23.7 Å². The standard InChI is InChI=1S/C14H19ClFN/c1-10-5-6-17(11(2)7-10)14-4-3-13(16)8-12(14)9-15/h3-4,8,10-11H,5-7,9H2,1-2H3. The Labute approximate surface area is 108 Å². The Morgan fingerprint density at radius 3 is 2.82 bits per heavy atom. The van der Waals surface area contributed by atoms with Crippen LogP contribution in [0.2, 0.25) is 0 Å². The van der Waals surface area contributed by atoms with E-state index in [1.807, 2.05) is 6.07 Å². The Bertz CT molecular complexity index is 394. The maximum atomic E-state index is 13.2. The average Bonchev–Trinajstić information content (AvgIpc) is 2.30. The molecule has 1 aromatic carbocycles. The molecule has 1 nitrogen and oxygen atoms in total. The van der Waals surface area contributed by atoms with Gasteiger partial charge in [-0.05, 0) is 49.4 Å². The number of piperidine rings is 1. The molecule has 94 valence electrons. The fraction of sp³-hybridized carbons (Fsp3) is 0.571. The molecule has 2 rings (SSSR count). The van der Waals surface area contributed by atoms with Crippen LogP contribution in [0.4, 0.5) is 10.1 Å². The number of nitrogens with zero attached hydrogens (tertiary/aromatic N) is 1. The molecule has 0 radical (unpaired) electrons. The molecule has 1 aliphatic rings. The Kier molecular flexibility index (Phi) is 3.93. The van der Waals surface area contributed by atoms with Crippen LogP contribution in [0.25, 0.3) is 0 Å². The molecular formula is C14H19ClFN. The number of rotatable bonds is 2. The van der Waals surface area contributed by atoms with Gasteiger partial charge >= 0.3 is 0 Å². The Hall–Kier alpha value is -0.760. The van der Waals surface area contributed by atoms with E-state index in [0.29, 0.717) is 11.9 Å². The van der Waals surface area contributed by atoms with Gasteiger partial charge in [0, 0.05) is 24.2 Å². The minimum absolute atomic E-state index is 0.206. The van der Waals surface area contributed by atoms with Crippen molar-refractivity contribution >= 4 is 17.3 Å². The third kappa shape index (κ3) is 2.74. The zero-order valence-electron chi connectivity index (χ0n) is 10.4. The Morgan fingerprint density at radius 1 is 1.41 bits per heavy atom. The van der Waals surface area contributed by atoms with Gasteiger partial charge in [0.15, 0.2) is 0 Å². The van der Waals surface area contributed by atoms with Gasteiger partial charge in [0.25, 0.3) is 0 Å². The number of hydrogen-bond donors (Lipinski definition) is 0. The first-order valence-corrected chi connectivity index (χ1v) is 6.76. The van der Waals surface area contributed by atoms with Crippen LogP contribution in [-0.2, 0) is 5.88 Å². The topological polar surface area (TPSA) is 3.24 Å². The second-order valence-corrected chi connectivity index (χ2v) is 5.35. The average molecular weight is 256 g/mol.